The predicted molar refractivity (Wildman–Crippen MR) is 236 cm³/mol. The molecule has 0 N–H and O–H groups in total. The van der Waals surface area contributed by atoms with Crippen LogP contribution in [0.4, 0.5) is 163 Å². The molecule has 8 aromatic carbocycles. The van der Waals surface area contributed by atoms with Gasteiger partial charge >= 0.3 is 24.7 Å². The quantitative estimate of drug-likeness (QED) is 0.0468. The molecule has 0 saturated carbocycles. The van der Waals surface area contributed by atoms with Gasteiger partial charge < -0.3 is 0 Å². The lowest BCUT2D eigenvalue weighted by molar-refractivity contribution is -0.138. The van der Waals surface area contributed by atoms with Gasteiger partial charge in [-0.2, -0.15) is 57.2 Å². The Hall–Kier alpha value is -8.46. The van der Waals surface area contributed by atoms with Gasteiger partial charge in [-0.3, -0.25) is 0 Å². The van der Waals surface area contributed by atoms with Crippen molar-refractivity contribution in [1.82, 2.24) is 4.48 Å². The number of benzene rings is 8. The molecule has 8 rings (SSSR count). The van der Waals surface area contributed by atoms with Gasteiger partial charge in [0.15, 0.2) is 69.8 Å². The molecule has 0 aliphatic rings. The third-order valence-electron chi connectivity index (χ3n) is 13.0. The summed E-state index contributed by atoms with van der Waals surface area (Å²) in [5, 5.41) is 0. The molecule has 0 saturated heterocycles. The van der Waals surface area contributed by atoms with Crippen molar-refractivity contribution >= 4 is 50.7 Å². The molecule has 0 atom stereocenters. The largest absolute Gasteiger partial charge is 0.416 e. The van der Waals surface area contributed by atoms with Crippen LogP contribution in [0.25, 0.3) is 0 Å². The second-order valence-electron chi connectivity index (χ2n) is 17.6. The molecule has 86 heavy (non-hydrogen) atoms. The molecular weight excluding hydrogens is 1260 g/mol. The van der Waals surface area contributed by atoms with Gasteiger partial charge in [0, 0.05) is 48.5 Å². The van der Waals surface area contributed by atoms with E-state index in [2.05, 4.69) is 0 Å². The molecule has 0 aromatic heterocycles. The Balaban J connectivity index is 0.000000247. The fourth-order valence-electron chi connectivity index (χ4n) is 9.26. The third kappa shape index (κ3) is 10.5. The Bertz CT molecular complexity index is 3330. The molecule has 0 amide bonds. The van der Waals surface area contributed by atoms with Gasteiger partial charge in [-0.25, -0.2) is 87.8 Å². The highest BCUT2D eigenvalue weighted by atomic mass is 19.4. The summed E-state index contributed by atoms with van der Waals surface area (Å²) in [4.78, 5) is 0. The van der Waals surface area contributed by atoms with Crippen molar-refractivity contribution in [3.8, 4) is 0 Å². The van der Waals surface area contributed by atoms with Crippen LogP contribution in [0, 0.1) is 116 Å². The molecule has 34 heteroatoms. The van der Waals surface area contributed by atoms with Crippen molar-refractivity contribution < 1.29 is 140 Å². The van der Waals surface area contributed by atoms with E-state index in [0.717, 1.165) is 48.5 Å². The molecule has 456 valence electrons. The second-order valence-corrected chi connectivity index (χ2v) is 17.6. The van der Waals surface area contributed by atoms with Crippen LogP contribution in [0.15, 0.2) is 97.1 Å². The van der Waals surface area contributed by atoms with Crippen molar-refractivity contribution in [2.75, 3.05) is 0 Å². The first-order chi connectivity index (χ1) is 39.5. The maximum Gasteiger partial charge on any atom is 0.416 e. The first-order valence-corrected chi connectivity index (χ1v) is 22.4. The lowest BCUT2D eigenvalue weighted by Gasteiger charge is -2.44. The molecular formula is C52H16BF32N. The van der Waals surface area contributed by atoms with Gasteiger partial charge in [0.1, 0.15) is 75.4 Å². The van der Waals surface area contributed by atoms with Gasteiger partial charge in [0.2, 0.25) is 0 Å². The first-order valence-electron chi connectivity index (χ1n) is 22.4. The van der Waals surface area contributed by atoms with Crippen molar-refractivity contribution in [2.45, 2.75) is 24.7 Å². The summed E-state index contributed by atoms with van der Waals surface area (Å²) >= 11 is 0. The van der Waals surface area contributed by atoms with E-state index >= 15 is 35.1 Å². The molecule has 0 fully saturated rings. The highest BCUT2D eigenvalue weighted by molar-refractivity contribution is 7.20. The van der Waals surface area contributed by atoms with Crippen molar-refractivity contribution in [2.24, 2.45) is 0 Å². The normalized spacial score (nSPS) is 12.7. The smallest absolute Gasteiger partial charge is 0.207 e. The van der Waals surface area contributed by atoms with Gasteiger partial charge in [-0.15, -0.1) is 21.9 Å². The number of hydrogen-bond donors (Lipinski definition) is 0. The molecule has 0 heterocycles. The second kappa shape index (κ2) is 22.4. The van der Waals surface area contributed by atoms with Gasteiger partial charge in [0.05, 0.1) is 22.3 Å². The van der Waals surface area contributed by atoms with E-state index in [9.17, 15) is 105 Å². The lowest BCUT2D eigenvalue weighted by atomic mass is 9.12. The molecule has 0 aliphatic carbocycles. The maximum absolute atomic E-state index is 15.4. The van der Waals surface area contributed by atoms with E-state index in [1.807, 2.05) is 0 Å². The van der Waals surface area contributed by atoms with Crippen LogP contribution in [0.1, 0.15) is 22.3 Å². The summed E-state index contributed by atoms with van der Waals surface area (Å²) in [7, 11) is 0. The van der Waals surface area contributed by atoms with Crippen molar-refractivity contribution in [3.05, 3.63) is 236 Å². The number of alkyl halides is 12. The van der Waals surface area contributed by atoms with Crippen molar-refractivity contribution in [1.29, 1.82) is 0 Å². The number of quaternary nitrogens is 1. The Morgan fingerprint density at radius 3 is 0.419 bits per heavy atom. The molecule has 0 spiro atoms. The summed E-state index contributed by atoms with van der Waals surface area (Å²) in [6.45, 7) is 0. The molecule has 8 aromatic rings. The van der Waals surface area contributed by atoms with Crippen LogP contribution in [0.5, 0.6) is 0 Å². The topological polar surface area (TPSA) is 0 Å². The van der Waals surface area contributed by atoms with E-state index in [1.54, 1.807) is 0 Å². The van der Waals surface area contributed by atoms with E-state index in [4.69, 9.17) is 0 Å². The van der Waals surface area contributed by atoms with Crippen LogP contribution >= 0.6 is 0 Å². The number of halogens is 32. The average Bonchev–Trinajstić information content (AvgIpc) is 0.716. The molecule has 0 aliphatic heterocycles. The standard InChI is InChI=1S/C28H16F12N.C24BF20/c29-25(30,31)17-1-9-21(10-2-17)41(22-11-3-18(4-12-22)26(32,33)34,23-13-5-19(6-14-23)27(35,36)37)24-15-7-20(8-16-24)28(38,39)40;26-5-1(6(27)14(35)21(42)13(5)34)25(2-7(28)15(36)22(43)16(37)8(2)29,3-9(30)17(38)23(44)18(39)10(3)31)4-11(32)19(40)24(45)20(41)12(4)33/h1-16H;/q+1;-1. The Morgan fingerprint density at radius 2 is 0.302 bits per heavy atom. The van der Waals surface area contributed by atoms with E-state index < -0.39 is 196 Å². The molecule has 0 radical (unpaired) electrons. The van der Waals surface area contributed by atoms with Crippen LogP contribution in [0.3, 0.4) is 0 Å². The summed E-state index contributed by atoms with van der Waals surface area (Å²) < 4.78 is 453. The van der Waals surface area contributed by atoms with Gasteiger partial charge in [-0.05, 0) is 48.5 Å². The Morgan fingerprint density at radius 1 is 0.186 bits per heavy atom. The third-order valence-corrected chi connectivity index (χ3v) is 13.0. The van der Waals surface area contributed by atoms with E-state index in [-0.39, 0.29) is 22.7 Å². The number of hydrogen-bond acceptors (Lipinski definition) is 0. The van der Waals surface area contributed by atoms with Gasteiger partial charge in [0.25, 0.3) is 0 Å². The Kier molecular flexibility index (Phi) is 17.0. The number of rotatable bonds is 8. The minimum Gasteiger partial charge on any atom is -0.207 e. The first kappa shape index (κ1) is 65.1. The molecule has 1 nitrogen and oxygen atoms in total. The summed E-state index contributed by atoms with van der Waals surface area (Å²) in [6, 6.07) is 12.9. The minimum atomic E-state index is -7.22. The molecule has 0 unspecified atom stereocenters. The van der Waals surface area contributed by atoms with E-state index in [1.165, 1.54) is 0 Å². The SMILES string of the molecule is FC(F)(F)c1ccc([N+](c2ccc(C(F)(F)F)cc2)(c2ccc(C(F)(F)F)cc2)c2ccc(C(F)(F)F)cc2)cc1.Fc1c(F)c(F)c([B-](c2c(F)c(F)c(F)c(F)c2F)(c2c(F)c(F)c(F)c(F)c2F)c2c(F)c(F)c(F)c(F)c2F)c(F)c1F. The highest BCUT2D eigenvalue weighted by Crippen LogP contribution is 2.53. The maximum atomic E-state index is 15.4. The predicted octanol–water partition coefficient (Wildman–Crippen LogP) is 16.9. The monoisotopic (exact) mass is 1270 g/mol. The van der Waals surface area contributed by atoms with Crippen LogP contribution in [-0.2, 0) is 24.7 Å². The van der Waals surface area contributed by atoms with Crippen LogP contribution < -0.4 is 26.3 Å². The fourth-order valence-corrected chi connectivity index (χ4v) is 9.26. The minimum absolute atomic E-state index is 0.114. The summed E-state index contributed by atoms with van der Waals surface area (Å²) in [6.07, 6.45) is -26.4. The number of nitrogens with zero attached hydrogens (tertiary/aromatic N) is 1. The zero-order chi connectivity index (χ0) is 64.8. The van der Waals surface area contributed by atoms with Gasteiger partial charge in [-0.1, -0.05) is 0 Å². The Labute approximate surface area is 455 Å². The fraction of sp³-hybridized carbons (Fsp3) is 0.0769. The zero-order valence-electron chi connectivity index (χ0n) is 40.4. The zero-order valence-corrected chi connectivity index (χ0v) is 40.4. The highest BCUT2D eigenvalue weighted by Gasteiger charge is 2.53. The molecule has 0 bridgehead atoms. The van der Waals surface area contributed by atoms with Crippen molar-refractivity contribution in [3.63, 3.8) is 0 Å². The van der Waals surface area contributed by atoms with Crippen LogP contribution in [-0.4, -0.2) is 6.15 Å². The average molecular weight is 1270 g/mol. The summed E-state index contributed by atoms with van der Waals surface area (Å²) in [5.74, 6) is -71.4. The lowest BCUT2D eigenvalue weighted by Crippen LogP contribution is -2.81. The summed E-state index contributed by atoms with van der Waals surface area (Å²) in [5.41, 5.74) is -19.2. The van der Waals surface area contributed by atoms with Crippen LogP contribution in [0.2, 0.25) is 0 Å². The van der Waals surface area contributed by atoms with E-state index in [0.29, 0.717) is 48.5 Å².